The lowest BCUT2D eigenvalue weighted by Crippen LogP contribution is -2.58. The quantitative estimate of drug-likeness (QED) is 0.0625. The third kappa shape index (κ3) is 13.8. The summed E-state index contributed by atoms with van der Waals surface area (Å²) in [6.07, 6.45) is -1.29. The first-order chi connectivity index (χ1) is 32.2. The summed E-state index contributed by atoms with van der Waals surface area (Å²) in [6, 6.07) is 61.0. The zero-order valence-corrected chi connectivity index (χ0v) is 37.1. The van der Waals surface area contributed by atoms with Crippen molar-refractivity contribution in [2.75, 3.05) is 20.3 Å². The van der Waals surface area contributed by atoms with Crippen LogP contribution in [0.15, 0.2) is 194 Å². The van der Waals surface area contributed by atoms with E-state index in [1.165, 1.54) is 0 Å². The van der Waals surface area contributed by atoms with Gasteiger partial charge in [0.2, 0.25) is 0 Å². The van der Waals surface area contributed by atoms with Crippen LogP contribution in [-0.2, 0) is 82.3 Å². The Hall–Kier alpha value is -5.46. The topological polar surface area (TPSA) is 83.1 Å². The third-order valence-electron chi connectivity index (χ3n) is 11.7. The highest BCUT2D eigenvalue weighted by Crippen LogP contribution is 2.39. The minimum Gasteiger partial charge on any atom is -0.490 e. The molecule has 0 spiro atoms. The normalized spacial score (nSPS) is 23.1. The first-order valence-electron chi connectivity index (χ1n) is 22.6. The molecule has 8 rings (SSSR count). The molecule has 9 heteroatoms. The van der Waals surface area contributed by atoms with E-state index in [1.807, 2.05) is 109 Å². The Morgan fingerprint density at radius 3 is 1.20 bits per heavy atom. The van der Waals surface area contributed by atoms with Gasteiger partial charge in [-0.3, -0.25) is 0 Å². The van der Waals surface area contributed by atoms with Crippen molar-refractivity contribution in [1.29, 1.82) is 0 Å². The molecule has 338 valence electrons. The van der Waals surface area contributed by atoms with Gasteiger partial charge in [0.05, 0.1) is 70.8 Å². The minimum absolute atomic E-state index is 0.268. The van der Waals surface area contributed by atoms with Crippen LogP contribution < -0.4 is 0 Å². The summed E-state index contributed by atoms with van der Waals surface area (Å²) in [5.74, 6) is 0.416. The molecule has 6 aromatic rings. The van der Waals surface area contributed by atoms with E-state index in [9.17, 15) is 0 Å². The van der Waals surface area contributed by atoms with E-state index in [0.29, 0.717) is 46.1 Å². The maximum atomic E-state index is 7.07. The first kappa shape index (κ1) is 46.1. The molecule has 0 saturated carbocycles. The van der Waals surface area contributed by atoms with Gasteiger partial charge in [-0.05, 0) is 39.5 Å². The largest absolute Gasteiger partial charge is 0.490 e. The Labute approximate surface area is 383 Å². The number of ether oxygens (including phenoxy) is 9. The van der Waals surface area contributed by atoms with Crippen LogP contribution in [-0.4, -0.2) is 63.2 Å². The molecule has 5 unspecified atom stereocenters. The number of hydrogen-bond acceptors (Lipinski definition) is 9. The van der Waals surface area contributed by atoms with Crippen molar-refractivity contribution < 1.29 is 42.6 Å². The second-order valence-corrected chi connectivity index (χ2v) is 16.5. The monoisotopic (exact) mass is 876 g/mol. The van der Waals surface area contributed by atoms with Crippen molar-refractivity contribution in [1.82, 2.24) is 0 Å². The van der Waals surface area contributed by atoms with Crippen molar-refractivity contribution in [3.05, 3.63) is 227 Å². The lowest BCUT2D eigenvalue weighted by molar-refractivity contribution is -0.306. The predicted octanol–water partition coefficient (Wildman–Crippen LogP) is 10.4. The molecule has 8 atom stereocenters. The van der Waals surface area contributed by atoms with Crippen molar-refractivity contribution >= 4 is 0 Å². The average molecular weight is 877 g/mol. The Morgan fingerprint density at radius 1 is 0.400 bits per heavy atom. The molecule has 2 heterocycles. The number of methoxy groups -OCH3 is 1. The second kappa shape index (κ2) is 24.7. The molecule has 0 radical (unpaired) electrons. The molecule has 1 saturated heterocycles. The number of allylic oxidation sites excluding steroid dienone is 1. The molecule has 9 nitrogen and oxygen atoms in total. The summed E-state index contributed by atoms with van der Waals surface area (Å²) in [5, 5.41) is 0. The van der Waals surface area contributed by atoms with Gasteiger partial charge in [0.1, 0.15) is 18.3 Å². The highest BCUT2D eigenvalue weighted by Gasteiger charge is 2.49. The lowest BCUT2D eigenvalue weighted by Gasteiger charge is -2.47. The number of benzene rings is 6. The van der Waals surface area contributed by atoms with E-state index in [1.54, 1.807) is 7.11 Å². The van der Waals surface area contributed by atoms with Crippen LogP contribution in [0.5, 0.6) is 0 Å². The molecule has 1 fully saturated rings. The van der Waals surface area contributed by atoms with Gasteiger partial charge in [0, 0.05) is 19.4 Å². The van der Waals surface area contributed by atoms with Gasteiger partial charge in [-0.1, -0.05) is 182 Å². The summed E-state index contributed by atoms with van der Waals surface area (Å²) in [7, 11) is 1.65. The molecular weight excluding hydrogens is 817 g/mol. The molecule has 0 aromatic heterocycles. The summed E-state index contributed by atoms with van der Waals surface area (Å²) in [5.41, 5.74) is 6.33. The van der Waals surface area contributed by atoms with E-state index >= 15 is 0 Å². The smallest absolute Gasteiger partial charge is 0.186 e. The average Bonchev–Trinajstić information content (AvgIpc) is 3.36. The molecular formula is C56H60O9. The second-order valence-electron chi connectivity index (χ2n) is 16.5. The molecule has 0 N–H and O–H groups in total. The zero-order chi connectivity index (χ0) is 44.3. The van der Waals surface area contributed by atoms with Gasteiger partial charge in [-0.25, -0.2) is 0 Å². The summed E-state index contributed by atoms with van der Waals surface area (Å²) < 4.78 is 60.4. The predicted molar refractivity (Wildman–Crippen MR) is 249 cm³/mol. The van der Waals surface area contributed by atoms with Crippen molar-refractivity contribution in [2.24, 2.45) is 5.92 Å². The van der Waals surface area contributed by atoms with E-state index in [-0.39, 0.29) is 19.1 Å². The zero-order valence-electron chi connectivity index (χ0n) is 37.1. The van der Waals surface area contributed by atoms with Crippen LogP contribution in [0.1, 0.15) is 39.8 Å². The van der Waals surface area contributed by atoms with Crippen LogP contribution in [0.3, 0.4) is 0 Å². The van der Waals surface area contributed by atoms with Crippen molar-refractivity contribution in [2.45, 2.75) is 89.0 Å². The van der Waals surface area contributed by atoms with Crippen LogP contribution >= 0.6 is 0 Å². The SMILES string of the molecule is CO[C@H]1OC(COCc2ccccc2)[C@@H](CC2=CC(OCc3ccccc3)[C@H](OCc3ccccc3)C(COCc3ccccc3)O2)C(OCc2ccccc2)C1OCc1ccccc1. The standard InChI is InChI=1S/C56H60O9/c1-57-56-55(63-39-47-30-18-7-19-31-47)53(61-37-45-26-14-5-15-27-45)49(51(65-56)40-58-34-42-20-8-2-9-21-42)32-48-33-50(60-36-44-24-12-4-13-25-44)54(62-38-46-28-16-6-17-29-46)52(64-48)41-59-35-43-22-10-3-11-23-43/h2-31,33,49-56H,32,34-41H2,1H3/t49-,50?,51?,52?,53?,54+,55?,56+/m1/s1. The minimum atomic E-state index is -0.737. The first-order valence-corrected chi connectivity index (χ1v) is 22.6. The Balaban J connectivity index is 1.13. The molecule has 6 aromatic carbocycles. The highest BCUT2D eigenvalue weighted by atomic mass is 16.7. The number of hydrogen-bond donors (Lipinski definition) is 0. The Morgan fingerprint density at radius 2 is 0.769 bits per heavy atom. The maximum absolute atomic E-state index is 7.07. The van der Waals surface area contributed by atoms with Gasteiger partial charge >= 0.3 is 0 Å². The summed E-state index contributed by atoms with van der Waals surface area (Å²) in [6.45, 7) is 2.86. The van der Waals surface area contributed by atoms with E-state index in [2.05, 4.69) is 78.9 Å². The van der Waals surface area contributed by atoms with Crippen LogP contribution in [0.2, 0.25) is 0 Å². The van der Waals surface area contributed by atoms with Gasteiger partial charge < -0.3 is 42.6 Å². The van der Waals surface area contributed by atoms with Crippen molar-refractivity contribution in [3.8, 4) is 0 Å². The molecule has 2 aliphatic heterocycles. The molecule has 0 amide bonds. The fourth-order valence-electron chi connectivity index (χ4n) is 8.37. The van der Waals surface area contributed by atoms with Gasteiger partial charge in [0.15, 0.2) is 12.4 Å². The summed E-state index contributed by atoms with van der Waals surface area (Å²) >= 11 is 0. The molecule has 2 aliphatic rings. The van der Waals surface area contributed by atoms with Gasteiger partial charge in [-0.2, -0.15) is 0 Å². The Kier molecular flexibility index (Phi) is 17.5. The van der Waals surface area contributed by atoms with Crippen molar-refractivity contribution in [3.63, 3.8) is 0 Å². The fraction of sp³-hybridized carbons (Fsp3) is 0.321. The molecule has 0 bridgehead atoms. The molecule has 0 aliphatic carbocycles. The maximum Gasteiger partial charge on any atom is 0.186 e. The Bertz CT molecular complexity index is 2250. The van der Waals surface area contributed by atoms with Gasteiger partial charge in [-0.15, -0.1) is 0 Å². The van der Waals surface area contributed by atoms with E-state index in [0.717, 1.165) is 39.1 Å². The lowest BCUT2D eigenvalue weighted by atomic mass is 9.84. The van der Waals surface area contributed by atoms with Crippen LogP contribution in [0, 0.1) is 5.92 Å². The fourth-order valence-corrected chi connectivity index (χ4v) is 8.37. The van der Waals surface area contributed by atoms with Crippen LogP contribution in [0.25, 0.3) is 0 Å². The number of rotatable bonds is 23. The van der Waals surface area contributed by atoms with E-state index in [4.69, 9.17) is 42.6 Å². The van der Waals surface area contributed by atoms with Crippen LogP contribution in [0.4, 0.5) is 0 Å². The summed E-state index contributed by atoms with van der Waals surface area (Å²) in [4.78, 5) is 0. The van der Waals surface area contributed by atoms with E-state index < -0.39 is 42.9 Å². The highest BCUT2D eigenvalue weighted by molar-refractivity contribution is 5.19. The molecule has 65 heavy (non-hydrogen) atoms. The van der Waals surface area contributed by atoms with Gasteiger partial charge in [0.25, 0.3) is 0 Å². The third-order valence-corrected chi connectivity index (χ3v) is 11.7.